The van der Waals surface area contributed by atoms with Crippen LogP contribution >= 0.6 is 0 Å². The molecule has 5 rings (SSSR count). The van der Waals surface area contributed by atoms with Crippen LogP contribution in [0.5, 0.6) is 0 Å². The second-order valence-electron chi connectivity index (χ2n) is 8.86. The van der Waals surface area contributed by atoms with E-state index in [0.29, 0.717) is 17.9 Å². The number of fused-ring (bicyclic) bond motifs is 1. The predicted molar refractivity (Wildman–Crippen MR) is 113 cm³/mol. The minimum absolute atomic E-state index is 0.264. The molecule has 1 aromatic carbocycles. The third-order valence-corrected chi connectivity index (χ3v) is 6.81. The Morgan fingerprint density at radius 3 is 2.86 bits per heavy atom. The molecular formula is C23H29N5O. The lowest BCUT2D eigenvalue weighted by molar-refractivity contribution is -0.137. The molecule has 2 aliphatic rings. The number of imidazole rings is 1. The van der Waals surface area contributed by atoms with Crippen LogP contribution in [0.3, 0.4) is 0 Å². The summed E-state index contributed by atoms with van der Waals surface area (Å²) < 4.78 is 2.25. The molecular weight excluding hydrogens is 362 g/mol. The molecule has 1 saturated heterocycles. The lowest BCUT2D eigenvalue weighted by Gasteiger charge is -2.29. The van der Waals surface area contributed by atoms with Gasteiger partial charge in [0.25, 0.3) is 0 Å². The molecule has 1 amide bonds. The quantitative estimate of drug-likeness (QED) is 0.723. The van der Waals surface area contributed by atoms with E-state index in [0.717, 1.165) is 54.5 Å². The maximum absolute atomic E-state index is 13.0. The van der Waals surface area contributed by atoms with E-state index in [2.05, 4.69) is 49.8 Å². The summed E-state index contributed by atoms with van der Waals surface area (Å²) in [5, 5.41) is 6.89. The van der Waals surface area contributed by atoms with Gasteiger partial charge < -0.3 is 9.47 Å². The van der Waals surface area contributed by atoms with Gasteiger partial charge in [0.1, 0.15) is 0 Å². The summed E-state index contributed by atoms with van der Waals surface area (Å²) in [6.45, 7) is 4.01. The average Bonchev–Trinajstić information content (AvgIpc) is 3.49. The maximum atomic E-state index is 13.0. The highest BCUT2D eigenvalue weighted by Gasteiger charge is 2.36. The summed E-state index contributed by atoms with van der Waals surface area (Å²) in [5.41, 5.74) is 4.35. The van der Waals surface area contributed by atoms with Crippen molar-refractivity contribution in [2.24, 2.45) is 11.8 Å². The Morgan fingerprint density at radius 2 is 2.07 bits per heavy atom. The lowest BCUT2D eigenvalue weighted by atomic mass is 9.88. The first-order chi connectivity index (χ1) is 14.2. The van der Waals surface area contributed by atoms with Crippen molar-refractivity contribution in [2.45, 2.75) is 58.0 Å². The fraction of sp³-hybridized carbons (Fsp3) is 0.522. The summed E-state index contributed by atoms with van der Waals surface area (Å²) in [4.78, 5) is 19.8. The van der Waals surface area contributed by atoms with Crippen LogP contribution in [0, 0.1) is 11.8 Å². The highest BCUT2D eigenvalue weighted by molar-refractivity contribution is 5.82. The van der Waals surface area contributed by atoms with Gasteiger partial charge in [0, 0.05) is 36.8 Å². The third-order valence-electron chi connectivity index (χ3n) is 6.81. The van der Waals surface area contributed by atoms with Gasteiger partial charge >= 0.3 is 0 Å². The SMILES string of the molecule is C[C@@H]1C[C@H](Cn2cnc3cc(-c4cn[nH]c4)ccc32)CN1C(=O)C1CCCCC1. The highest BCUT2D eigenvalue weighted by atomic mass is 16.2. The van der Waals surface area contributed by atoms with Crippen LogP contribution in [0.25, 0.3) is 22.2 Å². The van der Waals surface area contributed by atoms with Crippen molar-refractivity contribution in [1.82, 2.24) is 24.6 Å². The van der Waals surface area contributed by atoms with Gasteiger partial charge in [-0.05, 0) is 49.8 Å². The van der Waals surface area contributed by atoms with Gasteiger partial charge in [-0.3, -0.25) is 9.89 Å². The fourth-order valence-electron chi connectivity index (χ4n) is 5.24. The fourth-order valence-corrected chi connectivity index (χ4v) is 5.24. The first kappa shape index (κ1) is 18.4. The first-order valence-electron chi connectivity index (χ1n) is 10.9. The van der Waals surface area contributed by atoms with E-state index < -0.39 is 0 Å². The zero-order chi connectivity index (χ0) is 19.8. The van der Waals surface area contributed by atoms with Crippen LogP contribution in [0.1, 0.15) is 45.4 Å². The van der Waals surface area contributed by atoms with E-state index in [4.69, 9.17) is 0 Å². The molecule has 1 N–H and O–H groups in total. The second kappa shape index (κ2) is 7.65. The number of nitrogens with zero attached hydrogens (tertiary/aromatic N) is 4. The number of aromatic amines is 1. The van der Waals surface area contributed by atoms with Gasteiger partial charge in [0.2, 0.25) is 5.91 Å². The van der Waals surface area contributed by atoms with Crippen LogP contribution in [-0.2, 0) is 11.3 Å². The number of aromatic nitrogens is 4. The van der Waals surface area contributed by atoms with Crippen LogP contribution in [-0.4, -0.2) is 43.1 Å². The molecule has 3 aromatic rings. The molecule has 6 heteroatoms. The van der Waals surface area contributed by atoms with Crippen LogP contribution in [0.15, 0.2) is 36.9 Å². The van der Waals surface area contributed by atoms with E-state index >= 15 is 0 Å². The minimum Gasteiger partial charge on any atom is -0.339 e. The molecule has 152 valence electrons. The number of benzene rings is 1. The Balaban J connectivity index is 1.29. The molecule has 3 heterocycles. The van der Waals surface area contributed by atoms with Gasteiger partial charge in [-0.1, -0.05) is 25.3 Å². The number of H-pyrrole nitrogens is 1. The van der Waals surface area contributed by atoms with Crippen molar-refractivity contribution in [1.29, 1.82) is 0 Å². The number of rotatable bonds is 4. The topological polar surface area (TPSA) is 66.8 Å². The first-order valence-corrected chi connectivity index (χ1v) is 10.9. The number of hydrogen-bond acceptors (Lipinski definition) is 3. The number of hydrogen-bond donors (Lipinski definition) is 1. The molecule has 0 unspecified atom stereocenters. The molecule has 1 aliphatic heterocycles. The maximum Gasteiger partial charge on any atom is 0.225 e. The molecule has 1 saturated carbocycles. The number of nitrogens with one attached hydrogen (secondary N) is 1. The minimum atomic E-state index is 0.264. The summed E-state index contributed by atoms with van der Waals surface area (Å²) in [6.07, 6.45) is 12.6. The average molecular weight is 392 g/mol. The molecule has 1 aliphatic carbocycles. The van der Waals surface area contributed by atoms with Crippen LogP contribution in [0.2, 0.25) is 0 Å². The number of carbonyl (C=O) groups is 1. The Bertz CT molecular complexity index is 986. The molecule has 29 heavy (non-hydrogen) atoms. The van der Waals surface area contributed by atoms with Crippen molar-refractivity contribution >= 4 is 16.9 Å². The zero-order valence-corrected chi connectivity index (χ0v) is 17.1. The van der Waals surface area contributed by atoms with Gasteiger partial charge in [0.15, 0.2) is 0 Å². The van der Waals surface area contributed by atoms with E-state index in [1.807, 2.05) is 18.7 Å². The van der Waals surface area contributed by atoms with Crippen molar-refractivity contribution in [3.05, 3.63) is 36.9 Å². The van der Waals surface area contributed by atoms with Crippen molar-refractivity contribution < 1.29 is 4.79 Å². The van der Waals surface area contributed by atoms with E-state index in [9.17, 15) is 4.79 Å². The molecule has 0 radical (unpaired) electrons. The summed E-state index contributed by atoms with van der Waals surface area (Å²) >= 11 is 0. The monoisotopic (exact) mass is 391 g/mol. The predicted octanol–water partition coefficient (Wildman–Crippen LogP) is 4.24. The normalized spacial score (nSPS) is 23.1. The largest absolute Gasteiger partial charge is 0.339 e. The van der Waals surface area contributed by atoms with E-state index in [-0.39, 0.29) is 5.92 Å². The standard InChI is InChI=1S/C23H29N5O/c1-16-9-17(14-28(16)23(29)18-5-3-2-4-6-18)13-27-15-24-21-10-19(7-8-22(21)27)20-11-25-26-12-20/h7-8,10-12,15-18H,2-6,9,13-14H2,1H3,(H,25,26)/t16-,17-/m1/s1. The summed E-state index contributed by atoms with van der Waals surface area (Å²) in [5.74, 6) is 1.16. The van der Waals surface area contributed by atoms with Crippen LogP contribution in [0.4, 0.5) is 0 Å². The number of amides is 1. The van der Waals surface area contributed by atoms with Gasteiger partial charge in [-0.2, -0.15) is 5.10 Å². The van der Waals surface area contributed by atoms with Crippen molar-refractivity contribution in [3.63, 3.8) is 0 Å². The molecule has 0 bridgehead atoms. The van der Waals surface area contributed by atoms with Gasteiger partial charge in [-0.25, -0.2) is 4.98 Å². The third kappa shape index (κ3) is 3.56. The smallest absolute Gasteiger partial charge is 0.225 e. The van der Waals surface area contributed by atoms with E-state index in [1.54, 1.807) is 0 Å². The molecule has 2 aromatic heterocycles. The number of carbonyl (C=O) groups excluding carboxylic acids is 1. The molecule has 2 fully saturated rings. The molecule has 0 spiro atoms. The molecule has 2 atom stereocenters. The Kier molecular flexibility index (Phi) is 4.86. The van der Waals surface area contributed by atoms with Crippen molar-refractivity contribution in [3.8, 4) is 11.1 Å². The second-order valence-corrected chi connectivity index (χ2v) is 8.86. The van der Waals surface area contributed by atoms with Gasteiger partial charge in [0.05, 0.1) is 23.6 Å². The lowest BCUT2D eigenvalue weighted by Crippen LogP contribution is -2.39. The summed E-state index contributed by atoms with van der Waals surface area (Å²) in [7, 11) is 0. The summed E-state index contributed by atoms with van der Waals surface area (Å²) in [6, 6.07) is 6.74. The highest BCUT2D eigenvalue weighted by Crippen LogP contribution is 2.32. The van der Waals surface area contributed by atoms with Crippen LogP contribution < -0.4 is 0 Å². The van der Waals surface area contributed by atoms with E-state index in [1.165, 1.54) is 19.3 Å². The Morgan fingerprint density at radius 1 is 1.21 bits per heavy atom. The van der Waals surface area contributed by atoms with Crippen molar-refractivity contribution in [2.75, 3.05) is 6.54 Å². The number of likely N-dealkylation sites (tertiary alicyclic amines) is 1. The Hall–Kier alpha value is -2.63. The molecule has 6 nitrogen and oxygen atoms in total. The van der Waals surface area contributed by atoms with Gasteiger partial charge in [-0.15, -0.1) is 0 Å². The zero-order valence-electron chi connectivity index (χ0n) is 17.1. The Labute approximate surface area is 171 Å².